The molecule has 1 rings (SSSR count). The van der Waals surface area contributed by atoms with Crippen molar-refractivity contribution in [2.75, 3.05) is 64.0 Å². The molecular weight excluding hydrogens is 328 g/mol. The van der Waals surface area contributed by atoms with Gasteiger partial charge in [-0.15, -0.1) is 0 Å². The van der Waals surface area contributed by atoms with Crippen LogP contribution in [0.4, 0.5) is 0 Å². The Morgan fingerprint density at radius 3 is 2.54 bits per heavy atom. The lowest BCUT2D eigenvalue weighted by atomic mass is 10.1. The van der Waals surface area contributed by atoms with Gasteiger partial charge in [-0.3, -0.25) is 9.89 Å². The number of hydrogen-bond acceptors (Lipinski definition) is 5. The van der Waals surface area contributed by atoms with Gasteiger partial charge in [0.25, 0.3) is 0 Å². The number of ether oxygens (including phenoxy) is 1. The zero-order valence-electron chi connectivity index (χ0n) is 15.4. The number of aliphatic imine (C=N–C) groups is 1. The van der Waals surface area contributed by atoms with Crippen LogP contribution in [0.15, 0.2) is 4.99 Å². The fraction of sp³-hybridized carbons (Fsp3) is 0.938. The SMILES string of the molecule is CCNC(=NCCN1CCS(=O)(=O)CC1)NCCOCCC(C)C. The highest BCUT2D eigenvalue weighted by atomic mass is 32.2. The van der Waals surface area contributed by atoms with Crippen LogP contribution in [0, 0.1) is 5.92 Å². The molecule has 7 nitrogen and oxygen atoms in total. The number of rotatable bonds is 10. The van der Waals surface area contributed by atoms with Crippen molar-refractivity contribution in [2.45, 2.75) is 27.2 Å². The van der Waals surface area contributed by atoms with Crippen LogP contribution in [0.25, 0.3) is 0 Å². The number of guanidine groups is 1. The van der Waals surface area contributed by atoms with Crippen LogP contribution in [0.1, 0.15) is 27.2 Å². The predicted octanol–water partition coefficient (Wildman–Crippen LogP) is 0.335. The molecule has 1 aliphatic heterocycles. The number of hydrogen-bond donors (Lipinski definition) is 2. The van der Waals surface area contributed by atoms with Gasteiger partial charge in [-0.25, -0.2) is 8.42 Å². The molecule has 1 saturated heterocycles. The summed E-state index contributed by atoms with van der Waals surface area (Å²) in [6, 6.07) is 0. The smallest absolute Gasteiger partial charge is 0.191 e. The molecule has 24 heavy (non-hydrogen) atoms. The highest BCUT2D eigenvalue weighted by molar-refractivity contribution is 7.91. The lowest BCUT2D eigenvalue weighted by Gasteiger charge is -2.25. The van der Waals surface area contributed by atoms with Crippen LogP contribution in [0.3, 0.4) is 0 Å². The monoisotopic (exact) mass is 362 g/mol. The average Bonchev–Trinajstić information content (AvgIpc) is 2.52. The maximum atomic E-state index is 11.4. The maximum absolute atomic E-state index is 11.4. The normalized spacial score (nSPS) is 18.8. The zero-order valence-corrected chi connectivity index (χ0v) is 16.2. The summed E-state index contributed by atoms with van der Waals surface area (Å²) in [5.41, 5.74) is 0. The van der Waals surface area contributed by atoms with E-state index in [0.717, 1.165) is 38.6 Å². The second-order valence-corrected chi connectivity index (χ2v) is 8.78. The van der Waals surface area contributed by atoms with Crippen molar-refractivity contribution in [3.05, 3.63) is 0 Å². The third kappa shape index (κ3) is 10.1. The van der Waals surface area contributed by atoms with E-state index in [0.29, 0.717) is 32.2 Å². The van der Waals surface area contributed by atoms with Crippen LogP contribution < -0.4 is 10.6 Å². The molecule has 8 heteroatoms. The van der Waals surface area contributed by atoms with Crippen molar-refractivity contribution >= 4 is 15.8 Å². The topological polar surface area (TPSA) is 83.0 Å². The molecule has 0 unspecified atom stereocenters. The molecule has 0 radical (unpaired) electrons. The Kier molecular flexibility index (Phi) is 10.3. The first kappa shape index (κ1) is 21.2. The van der Waals surface area contributed by atoms with Gasteiger partial charge < -0.3 is 15.4 Å². The first-order valence-electron chi connectivity index (χ1n) is 8.95. The van der Waals surface area contributed by atoms with Crippen LogP contribution in [-0.2, 0) is 14.6 Å². The van der Waals surface area contributed by atoms with Gasteiger partial charge in [0.15, 0.2) is 15.8 Å². The number of nitrogens with one attached hydrogen (secondary N) is 2. The minimum Gasteiger partial charge on any atom is -0.380 e. The fourth-order valence-corrected chi connectivity index (χ4v) is 3.56. The largest absolute Gasteiger partial charge is 0.380 e. The number of nitrogens with zero attached hydrogens (tertiary/aromatic N) is 2. The third-order valence-corrected chi connectivity index (χ3v) is 5.45. The summed E-state index contributed by atoms with van der Waals surface area (Å²) in [5, 5.41) is 6.47. The minimum atomic E-state index is -2.81. The summed E-state index contributed by atoms with van der Waals surface area (Å²) < 4.78 is 28.4. The van der Waals surface area contributed by atoms with Crippen molar-refractivity contribution in [2.24, 2.45) is 10.9 Å². The Morgan fingerprint density at radius 2 is 1.92 bits per heavy atom. The average molecular weight is 363 g/mol. The van der Waals surface area contributed by atoms with Gasteiger partial charge >= 0.3 is 0 Å². The van der Waals surface area contributed by atoms with Gasteiger partial charge in [-0.1, -0.05) is 13.8 Å². The Balaban J connectivity index is 2.20. The molecule has 1 heterocycles. The molecule has 2 N–H and O–H groups in total. The first-order valence-corrected chi connectivity index (χ1v) is 10.8. The second-order valence-electron chi connectivity index (χ2n) is 6.48. The van der Waals surface area contributed by atoms with E-state index in [-0.39, 0.29) is 11.5 Å². The molecule has 0 atom stereocenters. The minimum absolute atomic E-state index is 0.267. The molecule has 0 saturated carbocycles. The summed E-state index contributed by atoms with van der Waals surface area (Å²) in [4.78, 5) is 6.69. The lowest BCUT2D eigenvalue weighted by Crippen LogP contribution is -2.42. The van der Waals surface area contributed by atoms with E-state index >= 15 is 0 Å². The van der Waals surface area contributed by atoms with Gasteiger partial charge in [-0.05, 0) is 19.3 Å². The Labute approximate surface area is 147 Å². The molecule has 0 amide bonds. The lowest BCUT2D eigenvalue weighted by molar-refractivity contribution is 0.128. The van der Waals surface area contributed by atoms with E-state index in [1.54, 1.807) is 0 Å². The van der Waals surface area contributed by atoms with Gasteiger partial charge in [0.2, 0.25) is 0 Å². The van der Waals surface area contributed by atoms with E-state index in [1.807, 2.05) is 6.92 Å². The summed E-state index contributed by atoms with van der Waals surface area (Å²) in [7, 11) is -2.81. The second kappa shape index (κ2) is 11.7. The first-order chi connectivity index (χ1) is 11.4. The van der Waals surface area contributed by atoms with Crippen molar-refractivity contribution in [1.82, 2.24) is 15.5 Å². The molecule has 142 valence electrons. The molecule has 1 aliphatic rings. The quantitative estimate of drug-likeness (QED) is 0.331. The van der Waals surface area contributed by atoms with Gasteiger partial charge in [0, 0.05) is 39.3 Å². The third-order valence-electron chi connectivity index (χ3n) is 3.85. The Bertz CT molecular complexity index is 452. The van der Waals surface area contributed by atoms with Crippen LogP contribution in [-0.4, -0.2) is 83.3 Å². The Hall–Kier alpha value is -0.860. The van der Waals surface area contributed by atoms with Gasteiger partial charge in [-0.2, -0.15) is 0 Å². The fourth-order valence-electron chi connectivity index (χ4n) is 2.28. The van der Waals surface area contributed by atoms with E-state index in [9.17, 15) is 8.42 Å². The standard InChI is InChI=1S/C16H34N4O3S/c1-4-17-16(19-7-12-23-11-5-15(2)3)18-6-8-20-9-13-24(21,22)14-10-20/h15H,4-14H2,1-3H3,(H2,17,18,19). The van der Waals surface area contributed by atoms with Crippen molar-refractivity contribution in [1.29, 1.82) is 0 Å². The van der Waals surface area contributed by atoms with Crippen molar-refractivity contribution in [3.63, 3.8) is 0 Å². The molecular formula is C16H34N4O3S. The zero-order chi connectivity index (χ0) is 17.8. The van der Waals surface area contributed by atoms with Crippen LogP contribution in [0.2, 0.25) is 0 Å². The highest BCUT2D eigenvalue weighted by Gasteiger charge is 2.20. The number of sulfone groups is 1. The summed E-state index contributed by atoms with van der Waals surface area (Å²) in [6.45, 7) is 12.1. The molecule has 0 bridgehead atoms. The van der Waals surface area contributed by atoms with Crippen molar-refractivity contribution in [3.8, 4) is 0 Å². The van der Waals surface area contributed by atoms with E-state index < -0.39 is 9.84 Å². The van der Waals surface area contributed by atoms with Crippen molar-refractivity contribution < 1.29 is 13.2 Å². The molecule has 0 aromatic heterocycles. The molecule has 0 aromatic carbocycles. The Morgan fingerprint density at radius 1 is 1.21 bits per heavy atom. The van der Waals surface area contributed by atoms with E-state index in [2.05, 4.69) is 34.4 Å². The van der Waals surface area contributed by atoms with Gasteiger partial charge in [0.1, 0.15) is 0 Å². The highest BCUT2D eigenvalue weighted by Crippen LogP contribution is 2.02. The summed E-state index contributed by atoms with van der Waals surface area (Å²) in [5.74, 6) is 1.99. The molecule has 1 fully saturated rings. The van der Waals surface area contributed by atoms with Crippen LogP contribution >= 0.6 is 0 Å². The maximum Gasteiger partial charge on any atom is 0.191 e. The predicted molar refractivity (Wildman–Crippen MR) is 99.3 cm³/mol. The molecule has 0 spiro atoms. The van der Waals surface area contributed by atoms with E-state index in [4.69, 9.17) is 4.74 Å². The van der Waals surface area contributed by atoms with Crippen LogP contribution in [0.5, 0.6) is 0 Å². The molecule has 0 aliphatic carbocycles. The summed E-state index contributed by atoms with van der Waals surface area (Å²) >= 11 is 0. The molecule has 0 aromatic rings. The summed E-state index contributed by atoms with van der Waals surface area (Å²) in [6.07, 6.45) is 1.08. The van der Waals surface area contributed by atoms with Gasteiger partial charge in [0.05, 0.1) is 24.7 Å². The van der Waals surface area contributed by atoms with E-state index in [1.165, 1.54) is 0 Å².